The Morgan fingerprint density at radius 2 is 1.28 bits per heavy atom. The Morgan fingerprint density at radius 3 is 1.50 bits per heavy atom. The van der Waals surface area contributed by atoms with E-state index in [1.165, 1.54) is 32.1 Å². The van der Waals surface area contributed by atoms with Crippen molar-refractivity contribution in [2.45, 2.75) is 58.8 Å². The molecule has 0 spiro atoms. The molecule has 0 aliphatic rings. The Hall–Kier alpha value is 0.594. The Kier molecular flexibility index (Phi) is 23.1. The first kappa shape index (κ1) is 23.7. The van der Waals surface area contributed by atoms with E-state index in [0.717, 1.165) is 6.42 Å². The molecule has 0 heterocycles. The molecule has 0 rings (SSSR count). The monoisotopic (exact) mass is 295 g/mol. The van der Waals surface area contributed by atoms with Gasteiger partial charge in [0.2, 0.25) is 0 Å². The molecule has 4 heteroatoms. The predicted octanol–water partition coefficient (Wildman–Crippen LogP) is 2.54. The maximum atomic E-state index is 8.66. The number of aliphatic hydroxyl groups excluding tert-OH is 3. The molecule has 0 fully saturated rings. The van der Waals surface area contributed by atoms with E-state index in [1.807, 2.05) is 6.92 Å². The first-order chi connectivity index (χ1) is 8.16. The summed E-state index contributed by atoms with van der Waals surface area (Å²) in [6.45, 7) is 7.38. The van der Waals surface area contributed by atoms with Crippen molar-refractivity contribution in [3.05, 3.63) is 6.92 Å². The van der Waals surface area contributed by atoms with Crippen LogP contribution in [0.15, 0.2) is 0 Å². The van der Waals surface area contributed by atoms with Crippen molar-refractivity contribution >= 4 is 0 Å². The smallest absolute Gasteiger partial charge is 0.0531 e. The molecule has 0 aliphatic heterocycles. The van der Waals surface area contributed by atoms with Crippen LogP contribution in [0.4, 0.5) is 0 Å². The van der Waals surface area contributed by atoms with Crippen molar-refractivity contribution in [3.8, 4) is 0 Å². The summed E-state index contributed by atoms with van der Waals surface area (Å²) in [5.41, 5.74) is -0.667. The van der Waals surface area contributed by atoms with Gasteiger partial charge in [0.05, 0.1) is 19.8 Å². The van der Waals surface area contributed by atoms with Crippen LogP contribution in [-0.2, 0) is 21.7 Å². The minimum Gasteiger partial charge on any atom is -0.396 e. The van der Waals surface area contributed by atoms with Crippen LogP contribution in [0.3, 0.4) is 0 Å². The maximum absolute atomic E-state index is 8.66. The summed E-state index contributed by atoms with van der Waals surface area (Å²) in [5, 5.41) is 26.0. The van der Waals surface area contributed by atoms with Crippen LogP contribution in [0.1, 0.15) is 58.8 Å². The van der Waals surface area contributed by atoms with Gasteiger partial charge in [0, 0.05) is 27.1 Å². The van der Waals surface area contributed by atoms with Gasteiger partial charge in [0.15, 0.2) is 0 Å². The van der Waals surface area contributed by atoms with E-state index < -0.39 is 5.41 Å². The topological polar surface area (TPSA) is 60.7 Å². The molecule has 0 saturated carbocycles. The van der Waals surface area contributed by atoms with Gasteiger partial charge in [-0.25, -0.2) is 0 Å². The normalized spacial score (nSPS) is 10.3. The van der Waals surface area contributed by atoms with Gasteiger partial charge in [0.1, 0.15) is 0 Å². The second kappa shape index (κ2) is 17.6. The largest absolute Gasteiger partial charge is 0.396 e. The van der Waals surface area contributed by atoms with Gasteiger partial charge in [-0.15, -0.1) is 0 Å². The van der Waals surface area contributed by atoms with Gasteiger partial charge < -0.3 is 22.2 Å². The van der Waals surface area contributed by atoms with Crippen molar-refractivity contribution in [2.24, 2.45) is 5.41 Å². The summed E-state index contributed by atoms with van der Waals surface area (Å²) in [6.07, 6.45) is 8.57. The van der Waals surface area contributed by atoms with E-state index in [2.05, 4.69) is 13.8 Å². The fourth-order valence-electron chi connectivity index (χ4n) is 1.27. The molecule has 3 nitrogen and oxygen atoms in total. The zero-order valence-corrected chi connectivity index (χ0v) is 13.7. The van der Waals surface area contributed by atoms with E-state index in [-0.39, 0.29) is 41.5 Å². The molecule has 0 saturated heterocycles. The van der Waals surface area contributed by atoms with Crippen molar-refractivity contribution in [1.82, 2.24) is 0 Å². The molecular weight excluding hydrogens is 264 g/mol. The first-order valence-corrected chi connectivity index (χ1v) is 6.78. The average molecular weight is 295 g/mol. The SMILES string of the molecule is CCC(CO)(CO)CO.[CH2-]CCCCCCC.[Ti]. The first-order valence-electron chi connectivity index (χ1n) is 6.78. The van der Waals surface area contributed by atoms with Crippen molar-refractivity contribution in [3.63, 3.8) is 0 Å². The van der Waals surface area contributed by atoms with E-state index in [0.29, 0.717) is 6.42 Å². The van der Waals surface area contributed by atoms with E-state index in [1.54, 1.807) is 0 Å². The fraction of sp³-hybridized carbons (Fsp3) is 0.929. The predicted molar refractivity (Wildman–Crippen MR) is 72.7 cm³/mol. The second-order valence-corrected chi connectivity index (χ2v) is 4.60. The van der Waals surface area contributed by atoms with Gasteiger partial charge in [-0.3, -0.25) is 0 Å². The molecule has 0 aromatic rings. The van der Waals surface area contributed by atoms with Gasteiger partial charge in [0.25, 0.3) is 0 Å². The Morgan fingerprint density at radius 1 is 0.833 bits per heavy atom. The number of unbranched alkanes of at least 4 members (excludes halogenated alkanes) is 5. The van der Waals surface area contributed by atoms with Crippen molar-refractivity contribution < 1.29 is 37.0 Å². The third-order valence-corrected chi connectivity index (χ3v) is 3.11. The zero-order valence-electron chi connectivity index (χ0n) is 12.1. The van der Waals surface area contributed by atoms with Crippen LogP contribution in [0.25, 0.3) is 0 Å². The molecule has 0 aromatic carbocycles. The Balaban J connectivity index is -0.000000238. The molecule has 0 aromatic heterocycles. The van der Waals surface area contributed by atoms with Crippen LogP contribution in [0.5, 0.6) is 0 Å². The maximum Gasteiger partial charge on any atom is 0.0531 e. The summed E-state index contributed by atoms with van der Waals surface area (Å²) in [5.74, 6) is 0. The molecule has 0 amide bonds. The van der Waals surface area contributed by atoms with Crippen LogP contribution in [0.2, 0.25) is 0 Å². The number of hydrogen-bond donors (Lipinski definition) is 3. The van der Waals surface area contributed by atoms with Gasteiger partial charge in [-0.2, -0.15) is 6.42 Å². The van der Waals surface area contributed by atoms with E-state index >= 15 is 0 Å². The van der Waals surface area contributed by atoms with Crippen LogP contribution >= 0.6 is 0 Å². The molecule has 18 heavy (non-hydrogen) atoms. The molecule has 0 aliphatic carbocycles. The molecule has 3 N–H and O–H groups in total. The summed E-state index contributed by atoms with van der Waals surface area (Å²) >= 11 is 0. The average Bonchev–Trinajstić information content (AvgIpc) is 2.39. The molecule has 0 atom stereocenters. The van der Waals surface area contributed by atoms with Crippen molar-refractivity contribution in [1.29, 1.82) is 0 Å². The quantitative estimate of drug-likeness (QED) is 0.348. The summed E-state index contributed by atoms with van der Waals surface area (Å²) in [6, 6.07) is 0. The van der Waals surface area contributed by atoms with Crippen LogP contribution < -0.4 is 0 Å². The van der Waals surface area contributed by atoms with E-state index in [9.17, 15) is 0 Å². The molecule has 0 bridgehead atoms. The van der Waals surface area contributed by atoms with Gasteiger partial charge >= 0.3 is 0 Å². The van der Waals surface area contributed by atoms with E-state index in [4.69, 9.17) is 15.3 Å². The molecular formula is C14H31O3Ti-. The molecule has 0 radical (unpaired) electrons. The van der Waals surface area contributed by atoms with Crippen molar-refractivity contribution in [2.75, 3.05) is 19.8 Å². The minimum absolute atomic E-state index is 0. The summed E-state index contributed by atoms with van der Waals surface area (Å²) in [7, 11) is 0. The summed E-state index contributed by atoms with van der Waals surface area (Å²) < 4.78 is 0. The number of hydrogen-bond acceptors (Lipinski definition) is 3. The minimum atomic E-state index is -0.667. The number of rotatable bonds is 9. The fourth-order valence-corrected chi connectivity index (χ4v) is 1.27. The Labute approximate surface area is 128 Å². The van der Waals surface area contributed by atoms with Crippen LogP contribution in [0, 0.1) is 12.3 Å². The number of aliphatic hydroxyl groups is 3. The van der Waals surface area contributed by atoms with Gasteiger partial charge in [-0.1, -0.05) is 46.0 Å². The molecule has 0 unspecified atom stereocenters. The van der Waals surface area contributed by atoms with Gasteiger partial charge in [-0.05, 0) is 6.42 Å². The molecule has 110 valence electrons. The Bertz CT molecular complexity index is 115. The second-order valence-electron chi connectivity index (χ2n) is 4.60. The standard InChI is InChI=1S/C8H17.C6H14O3.Ti/c1-3-5-7-8-6-4-2;1-2-6(3-7,4-8)5-9;/h1,3-8H2,2H3;7-9H,2-5H2,1H3;/q-1;;. The third-order valence-electron chi connectivity index (χ3n) is 3.11. The zero-order chi connectivity index (χ0) is 13.6. The summed E-state index contributed by atoms with van der Waals surface area (Å²) in [4.78, 5) is 0. The van der Waals surface area contributed by atoms with Crippen LogP contribution in [-0.4, -0.2) is 35.1 Å². The third kappa shape index (κ3) is 13.0.